The van der Waals surface area contributed by atoms with Crippen molar-refractivity contribution in [1.82, 2.24) is 4.98 Å². The smallest absolute Gasteiger partial charge is 0.143 e. The summed E-state index contributed by atoms with van der Waals surface area (Å²) in [6, 6.07) is 22.8. The molecule has 0 radical (unpaired) electrons. The molecule has 0 saturated carbocycles. The Balaban J connectivity index is 2.11. The summed E-state index contributed by atoms with van der Waals surface area (Å²) in [4.78, 5) is 4.62. The first kappa shape index (κ1) is 17.0. The standard InChI is InChI=1S/C25H21NO/c1-3-11-18(4-2)27-25-21-14-7-5-12-19(21)24(23-16-9-10-17-26-23)20-13-6-8-15-22(20)25/h3-17H,1-2H3/b11-3-,18-4+. The first-order valence-corrected chi connectivity index (χ1v) is 9.15. The zero-order valence-corrected chi connectivity index (χ0v) is 15.5. The second kappa shape index (κ2) is 7.46. The van der Waals surface area contributed by atoms with Crippen LogP contribution in [0.5, 0.6) is 5.75 Å². The Hall–Kier alpha value is -3.39. The van der Waals surface area contributed by atoms with Gasteiger partial charge in [0.05, 0.1) is 5.69 Å². The Morgan fingerprint density at radius 3 is 1.89 bits per heavy atom. The summed E-state index contributed by atoms with van der Waals surface area (Å²) in [7, 11) is 0. The van der Waals surface area contributed by atoms with Gasteiger partial charge >= 0.3 is 0 Å². The van der Waals surface area contributed by atoms with Crippen molar-refractivity contribution in [2.75, 3.05) is 0 Å². The summed E-state index contributed by atoms with van der Waals surface area (Å²) in [5, 5.41) is 4.45. The van der Waals surface area contributed by atoms with Crippen LogP contribution in [-0.2, 0) is 0 Å². The third-order valence-electron chi connectivity index (χ3n) is 4.64. The maximum Gasteiger partial charge on any atom is 0.143 e. The van der Waals surface area contributed by atoms with Gasteiger partial charge in [-0.05, 0) is 48.9 Å². The monoisotopic (exact) mass is 351 g/mol. The van der Waals surface area contributed by atoms with Crippen LogP contribution in [-0.4, -0.2) is 4.98 Å². The molecule has 3 aromatic carbocycles. The van der Waals surface area contributed by atoms with Crippen LogP contribution in [0, 0.1) is 0 Å². The molecule has 0 unspecified atom stereocenters. The molecule has 0 spiro atoms. The van der Waals surface area contributed by atoms with Crippen molar-refractivity contribution in [2.45, 2.75) is 13.8 Å². The highest BCUT2D eigenvalue weighted by molar-refractivity contribution is 6.16. The Kier molecular flexibility index (Phi) is 4.71. The zero-order valence-electron chi connectivity index (χ0n) is 15.5. The molecule has 0 N–H and O–H groups in total. The Morgan fingerprint density at radius 2 is 1.37 bits per heavy atom. The van der Waals surface area contributed by atoms with Gasteiger partial charge in [-0.3, -0.25) is 4.98 Å². The van der Waals surface area contributed by atoms with Crippen molar-refractivity contribution in [3.05, 3.63) is 96.9 Å². The summed E-state index contributed by atoms with van der Waals surface area (Å²) < 4.78 is 6.38. The maximum absolute atomic E-state index is 6.38. The van der Waals surface area contributed by atoms with E-state index in [9.17, 15) is 0 Å². The largest absolute Gasteiger partial charge is 0.456 e. The van der Waals surface area contributed by atoms with E-state index < -0.39 is 0 Å². The number of hydrogen-bond acceptors (Lipinski definition) is 2. The molecular formula is C25H21NO. The first-order chi connectivity index (χ1) is 13.3. The average Bonchev–Trinajstić information content (AvgIpc) is 2.73. The molecule has 0 atom stereocenters. The van der Waals surface area contributed by atoms with Crippen molar-refractivity contribution >= 4 is 21.5 Å². The predicted octanol–water partition coefficient (Wildman–Crippen LogP) is 6.91. The molecule has 0 saturated heterocycles. The third kappa shape index (κ3) is 3.11. The van der Waals surface area contributed by atoms with Crippen LogP contribution in [0.3, 0.4) is 0 Å². The average molecular weight is 351 g/mol. The quantitative estimate of drug-likeness (QED) is 0.226. The topological polar surface area (TPSA) is 22.1 Å². The molecule has 0 amide bonds. The normalized spacial score (nSPS) is 12.1. The molecule has 1 heterocycles. The Bertz CT molecular complexity index is 1100. The van der Waals surface area contributed by atoms with Crippen LogP contribution in [0.2, 0.25) is 0 Å². The van der Waals surface area contributed by atoms with Gasteiger partial charge in [0.25, 0.3) is 0 Å². The highest BCUT2D eigenvalue weighted by atomic mass is 16.5. The minimum absolute atomic E-state index is 0.832. The van der Waals surface area contributed by atoms with E-state index in [0.717, 1.165) is 44.3 Å². The van der Waals surface area contributed by atoms with Gasteiger partial charge in [-0.1, -0.05) is 60.7 Å². The highest BCUT2D eigenvalue weighted by Crippen LogP contribution is 2.43. The molecule has 27 heavy (non-hydrogen) atoms. The first-order valence-electron chi connectivity index (χ1n) is 9.15. The molecule has 0 fully saturated rings. The van der Waals surface area contributed by atoms with E-state index >= 15 is 0 Å². The van der Waals surface area contributed by atoms with Crippen LogP contribution in [0.1, 0.15) is 13.8 Å². The Labute approximate surface area is 159 Å². The van der Waals surface area contributed by atoms with Gasteiger partial charge in [-0.15, -0.1) is 0 Å². The second-order valence-electron chi connectivity index (χ2n) is 6.30. The van der Waals surface area contributed by atoms with E-state index in [1.807, 2.05) is 50.4 Å². The summed E-state index contributed by atoms with van der Waals surface area (Å²) in [6.45, 7) is 3.98. The van der Waals surface area contributed by atoms with E-state index in [0.29, 0.717) is 0 Å². The van der Waals surface area contributed by atoms with E-state index in [1.165, 1.54) is 0 Å². The van der Waals surface area contributed by atoms with Crippen LogP contribution >= 0.6 is 0 Å². The minimum Gasteiger partial charge on any atom is -0.456 e. The van der Waals surface area contributed by atoms with Gasteiger partial charge in [-0.2, -0.15) is 0 Å². The van der Waals surface area contributed by atoms with Gasteiger partial charge in [0.15, 0.2) is 0 Å². The number of benzene rings is 3. The zero-order chi connectivity index (χ0) is 18.6. The van der Waals surface area contributed by atoms with Gasteiger partial charge < -0.3 is 4.74 Å². The summed E-state index contributed by atoms with van der Waals surface area (Å²) in [5.41, 5.74) is 2.11. The van der Waals surface area contributed by atoms with Crippen molar-refractivity contribution in [3.63, 3.8) is 0 Å². The lowest BCUT2D eigenvalue weighted by Gasteiger charge is -2.17. The van der Waals surface area contributed by atoms with E-state index in [2.05, 4.69) is 59.6 Å². The van der Waals surface area contributed by atoms with Gasteiger partial charge in [-0.25, -0.2) is 0 Å². The molecule has 2 nitrogen and oxygen atoms in total. The minimum atomic E-state index is 0.832. The number of pyridine rings is 1. The molecular weight excluding hydrogens is 330 g/mol. The molecule has 0 aliphatic carbocycles. The van der Waals surface area contributed by atoms with Crippen molar-refractivity contribution in [2.24, 2.45) is 0 Å². The molecule has 2 heteroatoms. The van der Waals surface area contributed by atoms with E-state index in [1.54, 1.807) is 0 Å². The lowest BCUT2D eigenvalue weighted by molar-refractivity contribution is 0.453. The predicted molar refractivity (Wildman–Crippen MR) is 114 cm³/mol. The lowest BCUT2D eigenvalue weighted by Crippen LogP contribution is -1.96. The third-order valence-corrected chi connectivity index (χ3v) is 4.64. The fourth-order valence-electron chi connectivity index (χ4n) is 3.46. The number of allylic oxidation sites excluding steroid dienone is 3. The van der Waals surface area contributed by atoms with Crippen molar-refractivity contribution < 1.29 is 4.74 Å². The van der Waals surface area contributed by atoms with Crippen LogP contribution in [0.25, 0.3) is 32.8 Å². The number of ether oxygens (including phenoxy) is 1. The number of hydrogen-bond donors (Lipinski definition) is 0. The summed E-state index contributed by atoms with van der Waals surface area (Å²) >= 11 is 0. The molecule has 0 aliphatic rings. The molecule has 1 aromatic heterocycles. The fraction of sp³-hybridized carbons (Fsp3) is 0.0800. The molecule has 0 aliphatic heterocycles. The molecule has 132 valence electrons. The second-order valence-corrected chi connectivity index (χ2v) is 6.30. The fourth-order valence-corrected chi connectivity index (χ4v) is 3.46. The van der Waals surface area contributed by atoms with Crippen molar-refractivity contribution in [3.8, 4) is 17.0 Å². The number of fused-ring (bicyclic) bond motifs is 2. The van der Waals surface area contributed by atoms with Crippen LogP contribution in [0.4, 0.5) is 0 Å². The molecule has 4 aromatic rings. The molecule has 0 bridgehead atoms. The van der Waals surface area contributed by atoms with Crippen LogP contribution < -0.4 is 4.74 Å². The van der Waals surface area contributed by atoms with Gasteiger partial charge in [0, 0.05) is 22.5 Å². The maximum atomic E-state index is 6.38. The number of rotatable bonds is 4. The summed E-state index contributed by atoms with van der Waals surface area (Å²) in [5.74, 6) is 1.71. The number of aromatic nitrogens is 1. The molecule has 4 rings (SSSR count). The van der Waals surface area contributed by atoms with E-state index in [-0.39, 0.29) is 0 Å². The van der Waals surface area contributed by atoms with Crippen LogP contribution in [0.15, 0.2) is 96.9 Å². The lowest BCUT2D eigenvalue weighted by atomic mass is 9.93. The van der Waals surface area contributed by atoms with Crippen molar-refractivity contribution in [1.29, 1.82) is 0 Å². The van der Waals surface area contributed by atoms with E-state index in [4.69, 9.17) is 4.74 Å². The Morgan fingerprint density at radius 1 is 0.778 bits per heavy atom. The summed E-state index contributed by atoms with van der Waals surface area (Å²) in [6.07, 6.45) is 7.79. The van der Waals surface area contributed by atoms with Gasteiger partial charge in [0.1, 0.15) is 11.5 Å². The number of nitrogens with zero attached hydrogens (tertiary/aromatic N) is 1. The van der Waals surface area contributed by atoms with Gasteiger partial charge in [0.2, 0.25) is 0 Å². The SMILES string of the molecule is C/C=C\C(=C/C)Oc1c2ccccc2c(-c2ccccn2)c2ccccc12. The highest BCUT2D eigenvalue weighted by Gasteiger charge is 2.17.